The maximum Gasteiger partial charge on any atom is 0.166 e. The Morgan fingerprint density at radius 3 is 1.54 bits per heavy atom. The number of fused-ring (bicyclic) bond motifs is 17. The molecule has 0 spiro atoms. The van der Waals surface area contributed by atoms with Crippen LogP contribution in [-0.2, 0) is 0 Å². The first-order valence-corrected chi connectivity index (χ1v) is 24.3. The van der Waals surface area contributed by atoms with Crippen LogP contribution in [0, 0.1) is 0 Å². The van der Waals surface area contributed by atoms with Crippen LogP contribution in [0.25, 0.3) is 158 Å². The number of rotatable bonds is 4. The van der Waals surface area contributed by atoms with Crippen LogP contribution in [0.3, 0.4) is 0 Å². The maximum absolute atomic E-state index is 6.31. The largest absolute Gasteiger partial charge is 0.456 e. The zero-order valence-corrected chi connectivity index (χ0v) is 38.0. The maximum atomic E-state index is 6.31. The summed E-state index contributed by atoms with van der Waals surface area (Å²) >= 11 is 1.84. The van der Waals surface area contributed by atoms with Crippen LogP contribution in [0.2, 0.25) is 0 Å². The quantitative estimate of drug-likeness (QED) is 0.176. The first-order chi connectivity index (χ1) is 34.6. The summed E-state index contributed by atoms with van der Waals surface area (Å²) < 4.78 is 17.5. The van der Waals surface area contributed by atoms with Crippen LogP contribution in [0.5, 0.6) is 0 Å². The van der Waals surface area contributed by atoms with Gasteiger partial charge in [0.05, 0.1) is 16.7 Å². The van der Waals surface area contributed by atoms with Crippen molar-refractivity contribution in [3.63, 3.8) is 0 Å². The van der Waals surface area contributed by atoms with E-state index in [-0.39, 0.29) is 0 Å². The third kappa shape index (κ3) is 5.46. The number of para-hydroxylation sites is 2. The van der Waals surface area contributed by atoms with E-state index in [0.717, 1.165) is 82.7 Å². The van der Waals surface area contributed by atoms with Gasteiger partial charge in [-0.15, -0.1) is 11.3 Å². The van der Waals surface area contributed by atoms with Crippen LogP contribution in [-0.4, -0.2) is 19.5 Å². The Morgan fingerprint density at radius 1 is 0.343 bits per heavy atom. The normalized spacial score (nSPS) is 12.3. The number of hydrogen-bond donors (Lipinski definition) is 0. The monoisotopic (exact) mass is 910 g/mol. The number of furan rings is 2. The molecule has 0 radical (unpaired) electrons. The van der Waals surface area contributed by atoms with E-state index < -0.39 is 0 Å². The van der Waals surface area contributed by atoms with E-state index in [9.17, 15) is 0 Å². The minimum absolute atomic E-state index is 0.565. The Labute approximate surface area is 401 Å². The molecule has 70 heavy (non-hydrogen) atoms. The fourth-order valence-corrected chi connectivity index (χ4v) is 12.4. The van der Waals surface area contributed by atoms with Crippen molar-refractivity contribution in [1.82, 2.24) is 19.5 Å². The van der Waals surface area contributed by atoms with Gasteiger partial charge in [0.15, 0.2) is 17.5 Å². The molecule has 5 aromatic heterocycles. The highest BCUT2D eigenvalue weighted by Crippen LogP contribution is 2.46. The van der Waals surface area contributed by atoms with E-state index in [0.29, 0.717) is 17.5 Å². The zero-order chi connectivity index (χ0) is 45.6. The van der Waals surface area contributed by atoms with Gasteiger partial charge in [-0.05, 0) is 99.7 Å². The SMILES string of the molecule is c1ccc2cc3c(cc2c1)c1ccc2ccccc2c1n3-c1cc2sc3c4ccccc4ccc3c2cc1-c1nc(-c2ccc3oc4ccccc4c3c2)nc(-c2ccc3oc4ccccc4c3c2)n1. The first-order valence-electron chi connectivity index (χ1n) is 23.5. The summed E-state index contributed by atoms with van der Waals surface area (Å²) in [5.41, 5.74) is 9.17. The lowest BCUT2D eigenvalue weighted by Gasteiger charge is -2.16. The van der Waals surface area contributed by atoms with Crippen molar-refractivity contribution < 1.29 is 8.83 Å². The fourth-order valence-electron chi connectivity index (χ4n) is 11.1. The van der Waals surface area contributed by atoms with E-state index in [1.165, 1.54) is 57.9 Å². The minimum atomic E-state index is 0.565. The van der Waals surface area contributed by atoms with Crippen molar-refractivity contribution in [1.29, 1.82) is 0 Å². The molecule has 0 amide bonds. The van der Waals surface area contributed by atoms with Crippen LogP contribution in [0.1, 0.15) is 0 Å². The van der Waals surface area contributed by atoms with Gasteiger partial charge in [-0.2, -0.15) is 0 Å². The molecule has 0 aliphatic carbocycles. The van der Waals surface area contributed by atoms with Crippen molar-refractivity contribution in [3.05, 3.63) is 206 Å². The van der Waals surface area contributed by atoms with Gasteiger partial charge in [0.2, 0.25) is 0 Å². The molecule has 5 heterocycles. The highest BCUT2D eigenvalue weighted by Gasteiger charge is 2.24. The van der Waals surface area contributed by atoms with E-state index in [1.807, 2.05) is 59.9 Å². The van der Waals surface area contributed by atoms with Gasteiger partial charge in [-0.1, -0.05) is 133 Å². The van der Waals surface area contributed by atoms with E-state index in [2.05, 4.69) is 162 Å². The van der Waals surface area contributed by atoms with Crippen LogP contribution < -0.4 is 0 Å². The standard InChI is InChI=1S/C63H34N4O2S/c1-2-14-38-32-52-47(29-37(38)13-1)45-25-21-35-11-3-5-15-41(35)59(45)67(52)53-34-58-50(46-26-22-36-12-4-6-16-42(36)60(46)70-58)33-51(53)63-65-61(39-23-27-56-48(30-39)43-17-7-9-19-54(43)68-56)64-62(66-63)40-24-28-57-49(31-40)44-18-8-10-20-55(44)69-57/h1-34H. The van der Waals surface area contributed by atoms with Crippen LogP contribution in [0.4, 0.5) is 0 Å². The van der Waals surface area contributed by atoms with Gasteiger partial charge in [0.25, 0.3) is 0 Å². The van der Waals surface area contributed by atoms with Gasteiger partial charge in [-0.3, -0.25) is 0 Å². The highest BCUT2D eigenvalue weighted by atomic mass is 32.1. The summed E-state index contributed by atoms with van der Waals surface area (Å²) in [6, 6.07) is 73.4. The lowest BCUT2D eigenvalue weighted by atomic mass is 10.0. The van der Waals surface area contributed by atoms with E-state index in [4.69, 9.17) is 23.8 Å². The molecule has 0 fully saturated rings. The predicted octanol–water partition coefficient (Wildman–Crippen LogP) is 17.6. The molecule has 0 saturated heterocycles. The predicted molar refractivity (Wildman–Crippen MR) is 290 cm³/mol. The number of aromatic nitrogens is 4. The summed E-state index contributed by atoms with van der Waals surface area (Å²) in [5.74, 6) is 1.70. The lowest BCUT2D eigenvalue weighted by Crippen LogP contribution is -2.04. The van der Waals surface area contributed by atoms with Crippen molar-refractivity contribution in [2.24, 2.45) is 0 Å². The fraction of sp³-hybridized carbons (Fsp3) is 0. The van der Waals surface area contributed by atoms with E-state index >= 15 is 0 Å². The molecular weight excluding hydrogens is 877 g/mol. The summed E-state index contributed by atoms with van der Waals surface area (Å²) in [6.07, 6.45) is 0. The number of hydrogen-bond acceptors (Lipinski definition) is 6. The number of nitrogens with zero attached hydrogens (tertiary/aromatic N) is 4. The van der Waals surface area contributed by atoms with Crippen LogP contribution >= 0.6 is 11.3 Å². The summed E-state index contributed by atoms with van der Waals surface area (Å²) in [7, 11) is 0. The van der Waals surface area contributed by atoms with Gasteiger partial charge in [0.1, 0.15) is 22.3 Å². The summed E-state index contributed by atoms with van der Waals surface area (Å²) in [6.45, 7) is 0. The minimum Gasteiger partial charge on any atom is -0.456 e. The molecule has 0 aliphatic heterocycles. The molecule has 6 nitrogen and oxygen atoms in total. The second-order valence-electron chi connectivity index (χ2n) is 18.3. The average Bonchev–Trinajstić information content (AvgIpc) is 4.18. The molecule has 7 heteroatoms. The van der Waals surface area contributed by atoms with E-state index in [1.54, 1.807) is 0 Å². The Bertz CT molecular complexity index is 4790. The molecule has 0 saturated carbocycles. The number of thiophene rings is 1. The van der Waals surface area contributed by atoms with Gasteiger partial charge >= 0.3 is 0 Å². The molecule has 324 valence electrons. The Kier molecular flexibility index (Phi) is 7.67. The second-order valence-corrected chi connectivity index (χ2v) is 19.3. The van der Waals surface area contributed by atoms with Gasteiger partial charge < -0.3 is 13.4 Å². The second kappa shape index (κ2) is 14.2. The average molecular weight is 911 g/mol. The van der Waals surface area contributed by atoms with Crippen molar-refractivity contribution in [3.8, 4) is 39.9 Å². The molecule has 0 atom stereocenters. The molecule has 11 aromatic carbocycles. The molecule has 0 bridgehead atoms. The highest BCUT2D eigenvalue weighted by molar-refractivity contribution is 7.26. The Morgan fingerprint density at radius 2 is 0.871 bits per heavy atom. The van der Waals surface area contributed by atoms with Crippen molar-refractivity contribution in [2.45, 2.75) is 0 Å². The van der Waals surface area contributed by atoms with Crippen molar-refractivity contribution >= 4 is 130 Å². The molecular formula is C63H34N4O2S. The summed E-state index contributed by atoms with van der Waals surface area (Å²) in [5, 5.41) is 16.0. The topological polar surface area (TPSA) is 69.9 Å². The smallest absolute Gasteiger partial charge is 0.166 e. The van der Waals surface area contributed by atoms with Gasteiger partial charge in [-0.25, -0.2) is 15.0 Å². The van der Waals surface area contributed by atoms with Gasteiger partial charge in [0, 0.05) is 74.6 Å². The number of benzene rings is 11. The lowest BCUT2D eigenvalue weighted by molar-refractivity contribution is 0.668. The molecule has 0 unspecified atom stereocenters. The third-order valence-electron chi connectivity index (χ3n) is 14.4. The summed E-state index contributed by atoms with van der Waals surface area (Å²) in [4.78, 5) is 16.5. The van der Waals surface area contributed by atoms with Crippen LogP contribution in [0.15, 0.2) is 215 Å². The zero-order valence-electron chi connectivity index (χ0n) is 37.1. The Balaban J connectivity index is 1.05. The Hall–Kier alpha value is -9.17. The molecule has 0 N–H and O–H groups in total. The van der Waals surface area contributed by atoms with Crippen molar-refractivity contribution in [2.75, 3.05) is 0 Å². The third-order valence-corrected chi connectivity index (χ3v) is 15.6. The first kappa shape index (κ1) is 37.9. The molecule has 16 aromatic rings. The molecule has 16 rings (SSSR count). The molecule has 0 aliphatic rings.